The van der Waals surface area contributed by atoms with Gasteiger partial charge in [-0.2, -0.15) is 11.8 Å². The molecule has 0 spiro atoms. The molecule has 0 unspecified atom stereocenters. The van der Waals surface area contributed by atoms with Crippen molar-refractivity contribution < 1.29 is 5.11 Å². The monoisotopic (exact) mass is 242 g/mol. The van der Waals surface area contributed by atoms with E-state index in [4.69, 9.17) is 5.11 Å². The Balaban J connectivity index is 2.32. The Bertz CT molecular complexity index is 494. The second kappa shape index (κ2) is 4.47. The highest BCUT2D eigenvalue weighted by atomic mass is 32.2. The van der Waals surface area contributed by atoms with Gasteiger partial charge in [-0.1, -0.05) is 0 Å². The van der Waals surface area contributed by atoms with Crippen LogP contribution in [0.4, 0.5) is 0 Å². The van der Waals surface area contributed by atoms with Gasteiger partial charge in [0.15, 0.2) is 0 Å². The molecule has 2 heterocycles. The molecule has 1 aromatic heterocycles. The molecule has 16 heavy (non-hydrogen) atoms. The zero-order valence-electron chi connectivity index (χ0n) is 8.97. The predicted molar refractivity (Wildman–Crippen MR) is 63.0 cm³/mol. The van der Waals surface area contributed by atoms with Crippen LogP contribution in [0.1, 0.15) is 18.0 Å². The topological polar surface area (TPSA) is 75.1 Å². The molecule has 2 N–H and O–H groups in total. The van der Waals surface area contributed by atoms with Crippen LogP contribution in [0.3, 0.4) is 0 Å². The first-order valence-corrected chi connectivity index (χ1v) is 6.21. The summed E-state index contributed by atoms with van der Waals surface area (Å²) in [7, 11) is 0. The summed E-state index contributed by atoms with van der Waals surface area (Å²) in [6, 6.07) is 0.0743. The maximum absolute atomic E-state index is 11.6. The zero-order chi connectivity index (χ0) is 11.7. The van der Waals surface area contributed by atoms with Crippen molar-refractivity contribution >= 4 is 11.8 Å². The molecule has 0 aromatic carbocycles. The lowest BCUT2D eigenvalue weighted by Gasteiger charge is -2.12. The molecule has 0 aliphatic carbocycles. The van der Waals surface area contributed by atoms with Crippen molar-refractivity contribution in [2.24, 2.45) is 0 Å². The summed E-state index contributed by atoms with van der Waals surface area (Å²) < 4.78 is 1.57. The normalized spacial score (nSPS) is 24.9. The van der Waals surface area contributed by atoms with Crippen LogP contribution in [0.15, 0.2) is 15.8 Å². The second-order valence-corrected chi connectivity index (χ2v) is 5.34. The Labute approximate surface area is 96.5 Å². The Hall–Kier alpha value is -1.01. The second-order valence-electron chi connectivity index (χ2n) is 4.01. The van der Waals surface area contributed by atoms with Gasteiger partial charge < -0.3 is 5.11 Å². The lowest BCUT2D eigenvalue weighted by atomic mass is 10.2. The van der Waals surface area contributed by atoms with E-state index in [-0.39, 0.29) is 29.1 Å². The molecule has 6 heteroatoms. The third-order valence-corrected chi connectivity index (χ3v) is 4.19. The number of nitrogens with zero attached hydrogens (tertiary/aromatic N) is 1. The van der Waals surface area contributed by atoms with Crippen molar-refractivity contribution in [3.05, 3.63) is 32.6 Å². The van der Waals surface area contributed by atoms with Crippen molar-refractivity contribution in [3.63, 3.8) is 0 Å². The van der Waals surface area contributed by atoms with Gasteiger partial charge in [0.05, 0.1) is 6.61 Å². The van der Waals surface area contributed by atoms with Gasteiger partial charge in [-0.3, -0.25) is 14.3 Å². The van der Waals surface area contributed by atoms with Crippen molar-refractivity contribution in [2.45, 2.75) is 24.6 Å². The van der Waals surface area contributed by atoms with Crippen LogP contribution in [0, 0.1) is 6.92 Å². The van der Waals surface area contributed by atoms with Crippen LogP contribution in [0.2, 0.25) is 0 Å². The molecule has 1 aliphatic rings. The number of aliphatic hydroxyl groups excluding tert-OH is 1. The number of aryl methyl sites for hydroxylation is 1. The Morgan fingerprint density at radius 2 is 2.38 bits per heavy atom. The number of aromatic amines is 1. The van der Waals surface area contributed by atoms with Crippen LogP contribution in [-0.2, 0) is 0 Å². The summed E-state index contributed by atoms with van der Waals surface area (Å²) in [5, 5.41) is 9.23. The van der Waals surface area contributed by atoms with Crippen LogP contribution in [0.25, 0.3) is 0 Å². The summed E-state index contributed by atoms with van der Waals surface area (Å²) in [6.45, 7) is 1.82. The molecule has 1 aromatic rings. The highest BCUT2D eigenvalue weighted by Crippen LogP contribution is 2.33. The minimum atomic E-state index is -0.361. The highest BCUT2D eigenvalue weighted by Gasteiger charge is 2.26. The van der Waals surface area contributed by atoms with E-state index < -0.39 is 0 Å². The Morgan fingerprint density at radius 1 is 1.62 bits per heavy atom. The molecule has 2 rings (SSSR count). The fraction of sp³-hybridized carbons (Fsp3) is 0.600. The molecule has 0 amide bonds. The van der Waals surface area contributed by atoms with Crippen LogP contribution < -0.4 is 11.2 Å². The summed E-state index contributed by atoms with van der Waals surface area (Å²) in [4.78, 5) is 25.1. The van der Waals surface area contributed by atoms with Crippen molar-refractivity contribution in [2.75, 3.05) is 12.4 Å². The van der Waals surface area contributed by atoms with Gasteiger partial charge >= 0.3 is 5.69 Å². The molecular formula is C10H14N2O3S. The Kier molecular flexibility index (Phi) is 3.20. The molecule has 1 aliphatic heterocycles. The fourth-order valence-electron chi connectivity index (χ4n) is 1.87. The molecule has 5 nitrogen and oxygen atoms in total. The van der Waals surface area contributed by atoms with Gasteiger partial charge in [-0.05, 0) is 13.3 Å². The summed E-state index contributed by atoms with van der Waals surface area (Å²) in [5.41, 5.74) is -0.151. The van der Waals surface area contributed by atoms with E-state index >= 15 is 0 Å². The molecule has 0 saturated carbocycles. The molecule has 1 fully saturated rings. The number of aliphatic hydroxyl groups is 1. The quantitative estimate of drug-likeness (QED) is 0.758. The largest absolute Gasteiger partial charge is 0.395 e. The number of H-pyrrole nitrogens is 1. The number of hydrogen-bond donors (Lipinski definition) is 2. The molecule has 0 radical (unpaired) electrons. The highest BCUT2D eigenvalue weighted by molar-refractivity contribution is 8.00. The van der Waals surface area contributed by atoms with Crippen LogP contribution in [-0.4, -0.2) is 32.3 Å². The lowest BCUT2D eigenvalue weighted by molar-refractivity contribution is 0.285. The molecule has 88 valence electrons. The minimum Gasteiger partial charge on any atom is -0.395 e. The standard InChI is InChI=1S/C10H14N2O3S/c1-6-3-12(10(15)11-9(6)14)7-2-8(4-13)16-5-7/h3,7-8,13H,2,4-5H2,1H3,(H,11,14,15)/t7-,8-/m1/s1. The van der Waals surface area contributed by atoms with Crippen molar-refractivity contribution in [1.82, 2.24) is 9.55 Å². The predicted octanol–water partition coefficient (Wildman–Crippen LogP) is -0.116. The van der Waals surface area contributed by atoms with E-state index in [0.717, 1.165) is 12.2 Å². The van der Waals surface area contributed by atoms with Crippen LogP contribution >= 0.6 is 11.8 Å². The van der Waals surface area contributed by atoms with Gasteiger partial charge in [0.2, 0.25) is 0 Å². The van der Waals surface area contributed by atoms with Gasteiger partial charge in [-0.25, -0.2) is 4.79 Å². The number of aromatic nitrogens is 2. The average molecular weight is 242 g/mol. The zero-order valence-corrected chi connectivity index (χ0v) is 9.79. The third kappa shape index (κ3) is 2.08. The van der Waals surface area contributed by atoms with E-state index in [1.807, 2.05) is 0 Å². The number of thioether (sulfide) groups is 1. The van der Waals surface area contributed by atoms with E-state index in [2.05, 4.69) is 4.98 Å². The number of nitrogens with one attached hydrogen (secondary N) is 1. The fourth-order valence-corrected chi connectivity index (χ4v) is 3.12. The Morgan fingerprint density at radius 3 is 3.00 bits per heavy atom. The maximum Gasteiger partial charge on any atom is 0.328 e. The summed E-state index contributed by atoms with van der Waals surface area (Å²) >= 11 is 1.66. The van der Waals surface area contributed by atoms with Gasteiger partial charge in [0.25, 0.3) is 5.56 Å². The van der Waals surface area contributed by atoms with E-state index in [9.17, 15) is 9.59 Å². The van der Waals surface area contributed by atoms with Crippen molar-refractivity contribution in [1.29, 1.82) is 0 Å². The first-order valence-electron chi connectivity index (χ1n) is 5.16. The smallest absolute Gasteiger partial charge is 0.328 e. The molecule has 1 saturated heterocycles. The number of rotatable bonds is 2. The summed E-state index contributed by atoms with van der Waals surface area (Å²) in [6.07, 6.45) is 2.37. The maximum atomic E-state index is 11.6. The third-order valence-electron chi connectivity index (χ3n) is 2.80. The van der Waals surface area contributed by atoms with E-state index in [0.29, 0.717) is 5.56 Å². The van der Waals surface area contributed by atoms with E-state index in [1.165, 1.54) is 0 Å². The van der Waals surface area contributed by atoms with Gasteiger partial charge in [0, 0.05) is 28.8 Å². The SMILES string of the molecule is Cc1cn([C@H]2CS[C@@H](CO)C2)c(=O)[nH]c1=O. The van der Waals surface area contributed by atoms with Crippen molar-refractivity contribution in [3.8, 4) is 0 Å². The van der Waals surface area contributed by atoms with Crippen LogP contribution in [0.5, 0.6) is 0 Å². The van der Waals surface area contributed by atoms with Gasteiger partial charge in [0.1, 0.15) is 0 Å². The lowest BCUT2D eigenvalue weighted by Crippen LogP contribution is -2.33. The number of hydrogen-bond acceptors (Lipinski definition) is 4. The molecule has 2 atom stereocenters. The minimum absolute atomic E-state index is 0.0743. The molecule has 0 bridgehead atoms. The van der Waals surface area contributed by atoms with E-state index in [1.54, 1.807) is 29.4 Å². The first-order chi connectivity index (χ1) is 7.61. The average Bonchev–Trinajstić information content (AvgIpc) is 2.71. The molecular weight excluding hydrogens is 228 g/mol. The summed E-state index contributed by atoms with van der Waals surface area (Å²) in [5.74, 6) is 0.802. The first kappa shape index (κ1) is 11.5. The van der Waals surface area contributed by atoms with Gasteiger partial charge in [-0.15, -0.1) is 0 Å².